The maximum absolute atomic E-state index is 7.56. The van der Waals surface area contributed by atoms with Crippen LogP contribution in [0.4, 0.5) is 0 Å². The molecule has 0 saturated carbocycles. The standard InChI is InChI=1S/C52H66B12O2S2/c1-45(2)32-18-10-12-22-38(32)67-48(7,8)35-19-13-15-29(43(35)66-45)39-33(49(53,54)55)25-23-27(41(39)51(59,60)61)28-24-26-34(50(56,57)58)40(42(28)52(62,63)64)30-16-14-20-36-44(30)68-47(5,6)31-17-9-11-21-37(31)65-46(36,3)4/h9-26H,53-64H2,1-8H3. The van der Waals surface area contributed by atoms with Crippen molar-refractivity contribution in [2.24, 2.45) is 0 Å². The number of thioether (sulfide) groups is 2. The second kappa shape index (κ2) is 17.0. The third-order valence-electron chi connectivity index (χ3n) is 14.2. The van der Waals surface area contributed by atoms with Gasteiger partial charge in [-0.15, -0.1) is 23.5 Å². The van der Waals surface area contributed by atoms with Gasteiger partial charge in [0.15, 0.2) is 0 Å². The van der Waals surface area contributed by atoms with Crippen LogP contribution in [0.25, 0.3) is 33.4 Å². The molecule has 0 unspecified atom stereocenters. The minimum Gasteiger partial charge on any atom is -0.483 e. The summed E-state index contributed by atoms with van der Waals surface area (Å²) in [5.74, 6) is 1.93. The number of fused-ring (bicyclic) bond motifs is 4. The Morgan fingerprint density at radius 3 is 1.37 bits per heavy atom. The molecule has 68 heavy (non-hydrogen) atoms. The van der Waals surface area contributed by atoms with Crippen LogP contribution < -0.4 is 9.47 Å². The first-order valence-electron chi connectivity index (χ1n) is 24.8. The van der Waals surface area contributed by atoms with E-state index < -0.39 is 11.2 Å². The molecule has 0 saturated heterocycles. The quantitative estimate of drug-likeness (QED) is 0.229. The van der Waals surface area contributed by atoms with E-state index in [-0.39, 0.29) is 29.9 Å². The van der Waals surface area contributed by atoms with Crippen molar-refractivity contribution in [2.45, 2.75) is 106 Å². The molecule has 0 atom stereocenters. The molecule has 0 aromatic heterocycles. The van der Waals surface area contributed by atoms with Gasteiger partial charge in [0, 0.05) is 47.1 Å². The van der Waals surface area contributed by atoms with Crippen LogP contribution in [0.3, 0.4) is 0 Å². The van der Waals surface area contributed by atoms with Crippen LogP contribution in [-0.2, 0) is 41.1 Å². The van der Waals surface area contributed by atoms with Crippen molar-refractivity contribution in [3.8, 4) is 44.9 Å². The van der Waals surface area contributed by atoms with Gasteiger partial charge >= 0.3 is 0 Å². The molecule has 6 aromatic rings. The normalized spacial score (nSPS) is 17.2. The first kappa shape index (κ1) is 50.8. The van der Waals surface area contributed by atoms with E-state index >= 15 is 0 Å². The predicted molar refractivity (Wildman–Crippen MR) is 330 cm³/mol. The zero-order valence-corrected chi connectivity index (χ0v) is 46.7. The average molecular weight is 917 g/mol. The van der Waals surface area contributed by atoms with Crippen LogP contribution in [-0.4, -0.2) is 94.2 Å². The van der Waals surface area contributed by atoms with E-state index in [4.69, 9.17) is 9.47 Å². The summed E-state index contributed by atoms with van der Waals surface area (Å²) in [5, 5.41) is -0.843. The summed E-state index contributed by atoms with van der Waals surface area (Å²) in [6.07, 6.45) is 0. The van der Waals surface area contributed by atoms with Crippen LogP contribution in [0.2, 0.25) is 0 Å². The molecule has 334 valence electrons. The lowest BCUT2D eigenvalue weighted by Gasteiger charge is -2.41. The van der Waals surface area contributed by atoms with Gasteiger partial charge in [-0.25, -0.2) is 0 Å². The number of rotatable bonds is 7. The van der Waals surface area contributed by atoms with E-state index in [0.29, 0.717) is 0 Å². The fraction of sp³-hybridized carbons (Fsp3) is 0.308. The molecule has 0 spiro atoms. The highest BCUT2D eigenvalue weighted by molar-refractivity contribution is 8.00. The molecule has 2 nitrogen and oxygen atoms in total. The fourth-order valence-electron chi connectivity index (χ4n) is 11.0. The van der Waals surface area contributed by atoms with Crippen LogP contribution in [0.15, 0.2) is 119 Å². The highest BCUT2D eigenvalue weighted by Crippen LogP contribution is 2.58. The summed E-state index contributed by atoms with van der Waals surface area (Å²) < 4.78 is 14.1. The Bertz CT molecular complexity index is 2780. The van der Waals surface area contributed by atoms with E-state index in [1.54, 1.807) is 0 Å². The molecule has 2 heterocycles. The lowest BCUT2D eigenvalue weighted by Crippen LogP contribution is -2.35. The van der Waals surface area contributed by atoms with Crippen molar-refractivity contribution in [3.63, 3.8) is 0 Å². The second-order valence-corrected chi connectivity index (χ2v) is 28.9. The Hall–Kier alpha value is -3.60. The summed E-state index contributed by atoms with van der Waals surface area (Å²) in [6, 6.07) is 41.2. The molecule has 6 aromatic carbocycles. The Morgan fingerprint density at radius 1 is 0.382 bits per heavy atom. The SMILES string of the molecule is BC(B)(B)c1ccc(-c2ccc(C(B)(B)B)c(-c3cccc4c3SC(C)(C)c3ccccc3OC4(C)C)c2C(B)(B)B)c(C(B)(B)B)c1-c1cccc2c1OC(C)(C)c1ccccc1SC2(C)C. The Balaban J connectivity index is 1.50. The second-order valence-electron chi connectivity index (χ2n) is 25.6. The molecule has 16 heteroatoms. The lowest BCUT2D eigenvalue weighted by molar-refractivity contribution is 0.103. The van der Waals surface area contributed by atoms with Gasteiger partial charge in [0.25, 0.3) is 0 Å². The molecule has 0 fully saturated rings. The van der Waals surface area contributed by atoms with Crippen molar-refractivity contribution >= 4 is 118 Å². The lowest BCUT2D eigenvalue weighted by atomic mass is 9.35. The molecule has 0 aliphatic carbocycles. The topological polar surface area (TPSA) is 18.5 Å². The molecular formula is C52H66B12O2S2. The minimum absolute atomic E-state index is 0.154. The Kier molecular flexibility index (Phi) is 12.7. The Labute approximate surface area is 429 Å². The maximum Gasteiger partial charge on any atom is 0.133 e. The van der Waals surface area contributed by atoms with Gasteiger partial charge in [-0.1, -0.05) is 129 Å². The van der Waals surface area contributed by atoms with Crippen LogP contribution in [0.1, 0.15) is 99.9 Å². The molecule has 2 aliphatic rings. The van der Waals surface area contributed by atoms with Crippen molar-refractivity contribution in [1.82, 2.24) is 0 Å². The molecule has 0 N–H and O–H groups in total. The molecule has 0 radical (unpaired) electrons. The smallest absolute Gasteiger partial charge is 0.133 e. The maximum atomic E-state index is 7.56. The number of hydrogen-bond acceptors (Lipinski definition) is 4. The average Bonchev–Trinajstić information content (AvgIpc) is 3.20. The highest BCUT2D eigenvalue weighted by atomic mass is 32.2. The molecular weight excluding hydrogens is 850 g/mol. The van der Waals surface area contributed by atoms with Gasteiger partial charge in [0.05, 0.1) is 94.2 Å². The zero-order chi connectivity index (χ0) is 49.9. The fourth-order valence-corrected chi connectivity index (χ4v) is 13.9. The van der Waals surface area contributed by atoms with Crippen LogP contribution in [0.5, 0.6) is 11.5 Å². The van der Waals surface area contributed by atoms with Crippen LogP contribution in [0, 0.1) is 0 Å². The molecule has 0 bridgehead atoms. The van der Waals surface area contributed by atoms with E-state index in [2.05, 4.69) is 259 Å². The van der Waals surface area contributed by atoms with E-state index in [0.717, 1.165) is 17.1 Å². The summed E-state index contributed by atoms with van der Waals surface area (Å²) in [5.41, 5.74) is 16.7. The number of para-hydroxylation sites is 2. The highest BCUT2D eigenvalue weighted by Gasteiger charge is 2.42. The van der Waals surface area contributed by atoms with Crippen molar-refractivity contribution in [1.29, 1.82) is 0 Å². The van der Waals surface area contributed by atoms with Gasteiger partial charge in [0.2, 0.25) is 0 Å². The first-order valence-corrected chi connectivity index (χ1v) is 26.5. The summed E-state index contributed by atoms with van der Waals surface area (Å²) in [4.78, 5) is 2.55. The van der Waals surface area contributed by atoms with Gasteiger partial charge in [-0.2, -0.15) is 0 Å². The van der Waals surface area contributed by atoms with E-state index in [1.165, 1.54) is 82.1 Å². The monoisotopic (exact) mass is 919 g/mol. The predicted octanol–water partition coefficient (Wildman–Crippen LogP) is 2.04. The van der Waals surface area contributed by atoms with Gasteiger partial charge in [-0.3, -0.25) is 0 Å². The van der Waals surface area contributed by atoms with Crippen molar-refractivity contribution < 1.29 is 9.47 Å². The van der Waals surface area contributed by atoms with Crippen molar-refractivity contribution in [3.05, 3.63) is 154 Å². The van der Waals surface area contributed by atoms with Crippen molar-refractivity contribution in [2.75, 3.05) is 0 Å². The number of hydrogen-bond donors (Lipinski definition) is 0. The molecule has 0 amide bonds. The number of ether oxygens (including phenoxy) is 2. The van der Waals surface area contributed by atoms with Crippen LogP contribution >= 0.6 is 23.5 Å². The molecule has 8 rings (SSSR count). The minimum atomic E-state index is -0.581. The van der Waals surface area contributed by atoms with Gasteiger partial charge < -0.3 is 9.47 Å². The third-order valence-corrected chi connectivity index (χ3v) is 16.9. The summed E-state index contributed by atoms with van der Waals surface area (Å²) in [6.45, 7) is 18.4. The Morgan fingerprint density at radius 2 is 0.824 bits per heavy atom. The largest absolute Gasteiger partial charge is 0.483 e. The number of benzene rings is 6. The summed E-state index contributed by atoms with van der Waals surface area (Å²) in [7, 11) is 28.7. The van der Waals surface area contributed by atoms with Gasteiger partial charge in [0.1, 0.15) is 22.7 Å². The zero-order valence-electron chi connectivity index (χ0n) is 45.0. The van der Waals surface area contributed by atoms with E-state index in [9.17, 15) is 0 Å². The van der Waals surface area contributed by atoms with Gasteiger partial charge in [-0.05, 0) is 106 Å². The summed E-state index contributed by atoms with van der Waals surface area (Å²) >= 11 is 3.93. The first-order chi connectivity index (χ1) is 31.3. The third kappa shape index (κ3) is 9.14. The van der Waals surface area contributed by atoms with E-state index in [1.807, 2.05) is 23.5 Å². The molecule has 2 aliphatic heterocycles.